The molecule has 1 aliphatic rings. The lowest BCUT2D eigenvalue weighted by Crippen LogP contribution is -2.35. The van der Waals surface area contributed by atoms with E-state index in [1.54, 1.807) is 11.1 Å². The lowest BCUT2D eigenvalue weighted by Gasteiger charge is -2.33. The molecule has 5 nitrogen and oxygen atoms in total. The van der Waals surface area contributed by atoms with Gasteiger partial charge in [0.05, 0.1) is 17.5 Å². The molecule has 1 saturated heterocycles. The summed E-state index contributed by atoms with van der Waals surface area (Å²) in [6.07, 6.45) is 3.90. The Balaban J connectivity index is 1.45. The third kappa shape index (κ3) is 4.62. The predicted octanol–water partition coefficient (Wildman–Crippen LogP) is 4.37. The molecule has 3 aromatic rings. The number of H-pyrrole nitrogens is 1. The van der Waals surface area contributed by atoms with Gasteiger partial charge in [-0.2, -0.15) is 5.10 Å². The molecule has 1 fully saturated rings. The maximum absolute atomic E-state index is 13.1. The van der Waals surface area contributed by atoms with Crippen LogP contribution in [0.4, 0.5) is 0 Å². The van der Waals surface area contributed by atoms with Gasteiger partial charge in [-0.1, -0.05) is 54.6 Å². The first-order valence-corrected chi connectivity index (χ1v) is 10.7. The summed E-state index contributed by atoms with van der Waals surface area (Å²) >= 11 is 0. The number of benzene rings is 2. The van der Waals surface area contributed by atoms with Gasteiger partial charge in [-0.3, -0.25) is 14.8 Å². The van der Waals surface area contributed by atoms with E-state index in [-0.39, 0.29) is 5.91 Å². The van der Waals surface area contributed by atoms with Crippen LogP contribution < -0.4 is 0 Å². The summed E-state index contributed by atoms with van der Waals surface area (Å²) < 4.78 is 0. The van der Waals surface area contributed by atoms with Crippen molar-refractivity contribution in [3.8, 4) is 0 Å². The Morgan fingerprint density at radius 3 is 2.73 bits per heavy atom. The third-order valence-corrected chi connectivity index (χ3v) is 6.08. The van der Waals surface area contributed by atoms with Crippen molar-refractivity contribution < 1.29 is 4.79 Å². The monoisotopic (exact) mass is 402 g/mol. The highest BCUT2D eigenvalue weighted by Crippen LogP contribution is 2.29. The van der Waals surface area contributed by atoms with E-state index in [0.29, 0.717) is 18.0 Å². The van der Waals surface area contributed by atoms with Crippen LogP contribution in [0.25, 0.3) is 0 Å². The van der Waals surface area contributed by atoms with E-state index in [1.165, 1.54) is 11.1 Å². The molecule has 1 unspecified atom stereocenters. The first-order valence-electron chi connectivity index (χ1n) is 10.7. The molecule has 2 heterocycles. The van der Waals surface area contributed by atoms with Crippen molar-refractivity contribution in [2.75, 3.05) is 20.1 Å². The second-order valence-corrected chi connectivity index (χ2v) is 8.34. The largest absolute Gasteiger partial charge is 0.337 e. The number of carbonyl (C=O) groups is 1. The van der Waals surface area contributed by atoms with Crippen LogP contribution in [0.5, 0.6) is 0 Å². The second-order valence-electron chi connectivity index (χ2n) is 8.34. The average Bonchev–Trinajstić information content (AvgIpc) is 3.26. The summed E-state index contributed by atoms with van der Waals surface area (Å²) in [6, 6.07) is 18.7. The van der Waals surface area contributed by atoms with Gasteiger partial charge in [0.25, 0.3) is 5.91 Å². The van der Waals surface area contributed by atoms with Crippen molar-refractivity contribution in [2.45, 2.75) is 38.8 Å². The predicted molar refractivity (Wildman–Crippen MR) is 119 cm³/mol. The highest BCUT2D eigenvalue weighted by atomic mass is 16.2. The summed E-state index contributed by atoms with van der Waals surface area (Å²) in [5.41, 5.74) is 5.52. The summed E-state index contributed by atoms with van der Waals surface area (Å²) in [5.74, 6) is 0.327. The molecule has 2 aromatic carbocycles. The van der Waals surface area contributed by atoms with Gasteiger partial charge in [-0.05, 0) is 43.0 Å². The molecule has 1 atom stereocenters. The van der Waals surface area contributed by atoms with Gasteiger partial charge < -0.3 is 4.90 Å². The molecule has 30 heavy (non-hydrogen) atoms. The molecule has 0 radical (unpaired) electrons. The van der Waals surface area contributed by atoms with Crippen LogP contribution in [0.2, 0.25) is 0 Å². The number of carbonyl (C=O) groups excluding carboxylic acids is 1. The highest BCUT2D eigenvalue weighted by Gasteiger charge is 2.28. The van der Waals surface area contributed by atoms with E-state index >= 15 is 0 Å². The molecule has 4 rings (SSSR count). The molecule has 0 bridgehead atoms. The number of rotatable bonds is 6. The molecule has 1 aromatic heterocycles. The maximum Gasteiger partial charge on any atom is 0.257 e. The fourth-order valence-electron chi connectivity index (χ4n) is 4.38. The van der Waals surface area contributed by atoms with Crippen molar-refractivity contribution in [3.63, 3.8) is 0 Å². The first kappa shape index (κ1) is 20.4. The van der Waals surface area contributed by atoms with Crippen molar-refractivity contribution in [1.82, 2.24) is 20.0 Å². The van der Waals surface area contributed by atoms with Crippen LogP contribution in [-0.4, -0.2) is 46.0 Å². The van der Waals surface area contributed by atoms with E-state index in [2.05, 4.69) is 46.3 Å². The van der Waals surface area contributed by atoms with Gasteiger partial charge in [0, 0.05) is 32.6 Å². The van der Waals surface area contributed by atoms with Crippen LogP contribution >= 0.6 is 0 Å². The van der Waals surface area contributed by atoms with Crippen molar-refractivity contribution >= 4 is 5.91 Å². The Labute approximate surface area is 178 Å². The van der Waals surface area contributed by atoms with Gasteiger partial charge in [0.15, 0.2) is 0 Å². The summed E-state index contributed by atoms with van der Waals surface area (Å²) in [5, 5.41) is 7.39. The van der Waals surface area contributed by atoms with Gasteiger partial charge in [0.2, 0.25) is 0 Å². The fraction of sp³-hybridized carbons (Fsp3) is 0.360. The lowest BCUT2D eigenvalue weighted by atomic mass is 9.91. The zero-order valence-corrected chi connectivity index (χ0v) is 17.8. The Morgan fingerprint density at radius 2 is 1.93 bits per heavy atom. The van der Waals surface area contributed by atoms with E-state index in [1.807, 2.05) is 37.4 Å². The third-order valence-electron chi connectivity index (χ3n) is 6.08. The molecule has 1 aliphatic heterocycles. The highest BCUT2D eigenvalue weighted by molar-refractivity contribution is 5.95. The number of hydrogen-bond donors (Lipinski definition) is 1. The number of amides is 1. The van der Waals surface area contributed by atoms with Crippen molar-refractivity contribution in [2.24, 2.45) is 0 Å². The molecule has 156 valence electrons. The van der Waals surface area contributed by atoms with E-state index in [0.717, 1.165) is 43.7 Å². The molecular formula is C25H30N4O. The quantitative estimate of drug-likeness (QED) is 0.666. The second kappa shape index (κ2) is 9.26. The van der Waals surface area contributed by atoms with E-state index < -0.39 is 0 Å². The number of hydrogen-bond acceptors (Lipinski definition) is 3. The maximum atomic E-state index is 13.1. The minimum Gasteiger partial charge on any atom is -0.337 e. The topological polar surface area (TPSA) is 52.2 Å². The number of nitrogens with zero attached hydrogens (tertiary/aromatic N) is 3. The number of aromatic amines is 1. The smallest absolute Gasteiger partial charge is 0.257 e. The minimum atomic E-state index is 0.0265. The molecule has 1 amide bonds. The summed E-state index contributed by atoms with van der Waals surface area (Å²) in [6.45, 7) is 5.75. The number of aryl methyl sites for hydroxylation is 1. The lowest BCUT2D eigenvalue weighted by molar-refractivity contribution is 0.0782. The van der Waals surface area contributed by atoms with Crippen LogP contribution in [0.1, 0.15) is 51.5 Å². The molecule has 0 spiro atoms. The Morgan fingerprint density at radius 1 is 1.17 bits per heavy atom. The molecule has 1 N–H and O–H groups in total. The van der Waals surface area contributed by atoms with E-state index in [9.17, 15) is 4.79 Å². The van der Waals surface area contributed by atoms with Crippen LogP contribution in [0, 0.1) is 6.92 Å². The summed E-state index contributed by atoms with van der Waals surface area (Å²) in [7, 11) is 1.86. The van der Waals surface area contributed by atoms with Crippen molar-refractivity contribution in [3.05, 3.63) is 88.7 Å². The van der Waals surface area contributed by atoms with E-state index in [4.69, 9.17) is 0 Å². The average molecular weight is 403 g/mol. The van der Waals surface area contributed by atoms with Gasteiger partial charge in [0.1, 0.15) is 0 Å². The van der Waals surface area contributed by atoms with Crippen LogP contribution in [-0.2, 0) is 13.1 Å². The molecule has 5 heteroatoms. The van der Waals surface area contributed by atoms with Crippen LogP contribution in [0.15, 0.2) is 60.8 Å². The minimum absolute atomic E-state index is 0.0265. The van der Waals surface area contributed by atoms with Crippen molar-refractivity contribution in [1.29, 1.82) is 0 Å². The van der Waals surface area contributed by atoms with Gasteiger partial charge >= 0.3 is 0 Å². The Bertz CT molecular complexity index is 982. The Kier molecular flexibility index (Phi) is 6.29. The Hall–Kier alpha value is -2.92. The zero-order chi connectivity index (χ0) is 20.9. The molecular weight excluding hydrogens is 372 g/mol. The molecule has 0 saturated carbocycles. The number of aromatic nitrogens is 2. The standard InChI is InChI=1S/C25H30N4O/c1-19-9-6-7-12-21(19)17-29-14-8-13-22(18-29)24-23(15-26-27-24)25(30)28(2)16-20-10-4-3-5-11-20/h3-7,9-12,15,22H,8,13-14,16-18H2,1-2H3,(H,26,27). The molecule has 0 aliphatic carbocycles. The number of piperidine rings is 1. The number of likely N-dealkylation sites (tertiary alicyclic amines) is 1. The van der Waals surface area contributed by atoms with Gasteiger partial charge in [-0.25, -0.2) is 0 Å². The normalized spacial score (nSPS) is 17.1. The SMILES string of the molecule is Cc1ccccc1CN1CCCC(c2[nH]ncc2C(=O)N(C)Cc2ccccc2)C1. The zero-order valence-electron chi connectivity index (χ0n) is 17.8. The van der Waals surface area contributed by atoms with Gasteiger partial charge in [-0.15, -0.1) is 0 Å². The first-order chi connectivity index (χ1) is 14.6. The number of nitrogens with one attached hydrogen (secondary N) is 1. The van der Waals surface area contributed by atoms with Crippen LogP contribution in [0.3, 0.4) is 0 Å². The fourth-order valence-corrected chi connectivity index (χ4v) is 4.38. The summed E-state index contributed by atoms with van der Waals surface area (Å²) in [4.78, 5) is 17.4.